The van der Waals surface area contributed by atoms with E-state index < -0.39 is 5.91 Å². The van der Waals surface area contributed by atoms with Gasteiger partial charge in [-0.1, -0.05) is 5.22 Å². The third kappa shape index (κ3) is 4.50. The molecule has 0 aliphatic rings. The van der Waals surface area contributed by atoms with Crippen molar-refractivity contribution in [1.82, 2.24) is 15.4 Å². The topological polar surface area (TPSA) is 133 Å². The number of benzene rings is 1. The molecule has 0 aliphatic heterocycles. The molecule has 0 unspecified atom stereocenters. The predicted molar refractivity (Wildman–Crippen MR) is 94.4 cm³/mol. The van der Waals surface area contributed by atoms with Crippen LogP contribution in [0.3, 0.4) is 0 Å². The Kier molecular flexibility index (Phi) is 6.15. The summed E-state index contributed by atoms with van der Waals surface area (Å²) in [6, 6.07) is 6.89. The molecule has 136 valence electrons. The number of nitrogens with zero attached hydrogens (tertiary/aromatic N) is 4. The third-order valence-electron chi connectivity index (χ3n) is 3.42. The van der Waals surface area contributed by atoms with Crippen LogP contribution in [0.2, 0.25) is 0 Å². The molecule has 26 heavy (non-hydrogen) atoms. The first-order chi connectivity index (χ1) is 12.5. The number of hydrogen-bond donors (Lipinski definition) is 3. The molecule has 0 spiro atoms. The highest BCUT2D eigenvalue weighted by molar-refractivity contribution is 5.98. The van der Waals surface area contributed by atoms with Gasteiger partial charge in [0, 0.05) is 32.4 Å². The maximum Gasteiger partial charge on any atom is 0.323 e. The lowest BCUT2D eigenvalue weighted by Gasteiger charge is -2.15. The molecule has 3 N–H and O–H groups in total. The van der Waals surface area contributed by atoms with Crippen LogP contribution in [0.25, 0.3) is 0 Å². The highest BCUT2D eigenvalue weighted by atomic mass is 16.5. The Morgan fingerprint density at radius 2 is 2.00 bits per heavy atom. The molecule has 0 saturated carbocycles. The van der Waals surface area contributed by atoms with Gasteiger partial charge in [-0.15, -0.1) is 0 Å². The molecule has 10 nitrogen and oxygen atoms in total. The first kappa shape index (κ1) is 18.8. The molecular formula is C16H19N7O3. The van der Waals surface area contributed by atoms with Crippen molar-refractivity contribution in [1.29, 1.82) is 5.53 Å². The van der Waals surface area contributed by atoms with E-state index in [-0.39, 0.29) is 23.3 Å². The van der Waals surface area contributed by atoms with Crippen LogP contribution in [0.4, 0.5) is 11.5 Å². The maximum atomic E-state index is 11.8. The fraction of sp³-hybridized carbons (Fsp3) is 0.250. The standard InChI is InChI=1S/C16H19N7O3/c1-4-18-14-13(15(25)21-22-17)9-19-16(20-14)26-12-7-5-11(6-8-12)23(3)10(2)24/h5-9H,4H2,1-3H3,(H2,17,21,25)(H,18,19,20). The average Bonchev–Trinajstić information content (AvgIpc) is 2.62. The average molecular weight is 357 g/mol. The molecule has 1 aromatic carbocycles. The van der Waals surface area contributed by atoms with Crippen molar-refractivity contribution >= 4 is 23.3 Å². The quantitative estimate of drug-likeness (QED) is 0.514. The molecule has 0 fully saturated rings. The van der Waals surface area contributed by atoms with E-state index in [0.717, 1.165) is 5.69 Å². The number of carbonyl (C=O) groups is 2. The Morgan fingerprint density at radius 3 is 2.58 bits per heavy atom. The van der Waals surface area contributed by atoms with Gasteiger partial charge in [-0.2, -0.15) is 10.5 Å². The van der Waals surface area contributed by atoms with E-state index in [9.17, 15) is 9.59 Å². The highest BCUT2D eigenvalue weighted by Gasteiger charge is 2.15. The lowest BCUT2D eigenvalue weighted by atomic mass is 10.3. The molecule has 0 bridgehead atoms. The molecule has 2 aromatic rings. The van der Waals surface area contributed by atoms with Crippen LogP contribution in [0.15, 0.2) is 35.7 Å². The lowest BCUT2D eigenvalue weighted by Crippen LogP contribution is -2.22. The normalized spacial score (nSPS) is 9.96. The predicted octanol–water partition coefficient (Wildman–Crippen LogP) is 2.36. The molecule has 2 amide bonds. The van der Waals surface area contributed by atoms with Gasteiger partial charge in [0.25, 0.3) is 5.91 Å². The zero-order valence-electron chi connectivity index (χ0n) is 14.6. The third-order valence-corrected chi connectivity index (χ3v) is 3.42. The van der Waals surface area contributed by atoms with Gasteiger partial charge < -0.3 is 15.0 Å². The van der Waals surface area contributed by atoms with Crippen LogP contribution in [-0.2, 0) is 4.79 Å². The van der Waals surface area contributed by atoms with E-state index in [1.165, 1.54) is 18.0 Å². The number of carbonyl (C=O) groups excluding carboxylic acids is 2. The van der Waals surface area contributed by atoms with Crippen LogP contribution in [-0.4, -0.2) is 35.4 Å². The molecule has 2 rings (SSSR count). The second-order valence-corrected chi connectivity index (χ2v) is 5.17. The Balaban J connectivity index is 2.21. The van der Waals surface area contributed by atoms with Crippen LogP contribution in [0.5, 0.6) is 11.8 Å². The van der Waals surface area contributed by atoms with Crippen LogP contribution in [0.1, 0.15) is 24.2 Å². The fourth-order valence-corrected chi connectivity index (χ4v) is 2.02. The summed E-state index contributed by atoms with van der Waals surface area (Å²) in [5, 5.41) is 5.79. The Bertz CT molecular complexity index is 808. The van der Waals surface area contributed by atoms with E-state index in [1.807, 2.05) is 12.3 Å². The summed E-state index contributed by atoms with van der Waals surface area (Å²) in [6.07, 6.45) is 1.29. The van der Waals surface area contributed by atoms with Gasteiger partial charge in [-0.25, -0.2) is 10.4 Å². The van der Waals surface area contributed by atoms with Gasteiger partial charge in [-0.05, 0) is 31.2 Å². The van der Waals surface area contributed by atoms with Crippen LogP contribution < -0.4 is 20.4 Å². The van der Waals surface area contributed by atoms with Gasteiger partial charge >= 0.3 is 6.01 Å². The molecule has 10 heteroatoms. The summed E-state index contributed by atoms with van der Waals surface area (Å²) in [5.41, 5.74) is 9.59. The van der Waals surface area contributed by atoms with Crippen LogP contribution in [0, 0.1) is 5.53 Å². The second kappa shape index (κ2) is 8.51. The maximum absolute atomic E-state index is 11.8. The first-order valence-electron chi connectivity index (χ1n) is 7.76. The van der Waals surface area contributed by atoms with E-state index in [1.54, 1.807) is 31.3 Å². The van der Waals surface area contributed by atoms with Gasteiger partial charge in [0.1, 0.15) is 17.1 Å². The molecule has 0 radical (unpaired) electrons. The van der Waals surface area contributed by atoms with Crippen molar-refractivity contribution in [3.05, 3.63) is 36.0 Å². The van der Waals surface area contributed by atoms with Crippen LogP contribution >= 0.6 is 0 Å². The molecular weight excluding hydrogens is 338 g/mol. The SMILES string of the molecule is CCNc1nc(Oc2ccc(N(C)C(C)=O)cc2)ncc1C(=O)NN=N. The summed E-state index contributed by atoms with van der Waals surface area (Å²) in [4.78, 5) is 32.9. The van der Waals surface area contributed by atoms with E-state index in [4.69, 9.17) is 10.3 Å². The lowest BCUT2D eigenvalue weighted by molar-refractivity contribution is -0.116. The van der Waals surface area contributed by atoms with Crippen molar-refractivity contribution in [2.75, 3.05) is 23.8 Å². The number of anilines is 2. The second-order valence-electron chi connectivity index (χ2n) is 5.17. The largest absolute Gasteiger partial charge is 0.424 e. The smallest absolute Gasteiger partial charge is 0.323 e. The number of nitrogens with one attached hydrogen (secondary N) is 3. The zero-order chi connectivity index (χ0) is 19.1. The van der Waals surface area contributed by atoms with Crippen molar-refractivity contribution in [3.63, 3.8) is 0 Å². The summed E-state index contributed by atoms with van der Waals surface area (Å²) < 4.78 is 5.60. The number of aromatic nitrogens is 2. The molecule has 1 aromatic heterocycles. The van der Waals surface area contributed by atoms with Crippen molar-refractivity contribution in [2.45, 2.75) is 13.8 Å². The Morgan fingerprint density at radius 1 is 1.31 bits per heavy atom. The van der Waals surface area contributed by atoms with Crippen molar-refractivity contribution < 1.29 is 14.3 Å². The summed E-state index contributed by atoms with van der Waals surface area (Å²) in [5.74, 6) is 0.0720. The van der Waals surface area contributed by atoms with Gasteiger partial charge in [0.2, 0.25) is 5.91 Å². The van der Waals surface area contributed by atoms with Crippen molar-refractivity contribution in [3.8, 4) is 11.8 Å². The van der Waals surface area contributed by atoms with E-state index in [2.05, 4.69) is 20.5 Å². The Labute approximate surface area is 150 Å². The molecule has 0 atom stereocenters. The van der Waals surface area contributed by atoms with E-state index >= 15 is 0 Å². The zero-order valence-corrected chi connectivity index (χ0v) is 14.6. The molecule has 1 heterocycles. The van der Waals surface area contributed by atoms with E-state index in [0.29, 0.717) is 12.3 Å². The highest BCUT2D eigenvalue weighted by Crippen LogP contribution is 2.23. The molecule has 0 saturated heterocycles. The van der Waals surface area contributed by atoms with Gasteiger partial charge in [0.15, 0.2) is 0 Å². The Hall–Kier alpha value is -3.56. The van der Waals surface area contributed by atoms with Gasteiger partial charge in [0.05, 0.1) is 0 Å². The number of rotatable bonds is 7. The first-order valence-corrected chi connectivity index (χ1v) is 7.76. The fourth-order valence-electron chi connectivity index (χ4n) is 2.02. The summed E-state index contributed by atoms with van der Waals surface area (Å²) >= 11 is 0. The minimum atomic E-state index is -0.598. The number of ether oxygens (including phenoxy) is 1. The summed E-state index contributed by atoms with van der Waals surface area (Å²) in [7, 11) is 1.68. The molecule has 0 aliphatic carbocycles. The van der Waals surface area contributed by atoms with Gasteiger partial charge in [-0.3, -0.25) is 9.59 Å². The number of amides is 2. The number of hydrogen-bond acceptors (Lipinski definition) is 8. The minimum Gasteiger partial charge on any atom is -0.424 e. The summed E-state index contributed by atoms with van der Waals surface area (Å²) in [6.45, 7) is 3.86. The van der Waals surface area contributed by atoms with Crippen molar-refractivity contribution in [2.24, 2.45) is 5.22 Å². The monoisotopic (exact) mass is 357 g/mol. The minimum absolute atomic E-state index is 0.0491.